The Balaban J connectivity index is 1.91. The zero-order valence-electron chi connectivity index (χ0n) is 16.3. The van der Waals surface area contributed by atoms with Gasteiger partial charge in [-0.05, 0) is 51.5 Å². The van der Waals surface area contributed by atoms with Crippen molar-refractivity contribution in [1.29, 1.82) is 0 Å². The Morgan fingerprint density at radius 3 is 2.59 bits per heavy atom. The SMILES string of the molecule is CCc1cc(=O)oc2c3c(c4c(c12)OC(C)(C)CC4)OC1(CC1)[C@@H](C)[C@H]3O. The highest BCUT2D eigenvalue weighted by atomic mass is 16.5. The molecule has 1 aromatic carbocycles. The van der Waals surface area contributed by atoms with Crippen molar-refractivity contribution in [3.05, 3.63) is 33.2 Å². The minimum Gasteiger partial charge on any atom is -0.487 e. The molecule has 1 aliphatic carbocycles. The van der Waals surface area contributed by atoms with E-state index in [-0.39, 0.29) is 17.1 Å². The second-order valence-corrected chi connectivity index (χ2v) is 8.96. The first-order chi connectivity index (χ1) is 12.8. The summed E-state index contributed by atoms with van der Waals surface area (Å²) in [5.41, 5.74) is 1.98. The van der Waals surface area contributed by atoms with Crippen molar-refractivity contribution in [2.75, 3.05) is 0 Å². The zero-order chi connectivity index (χ0) is 19.1. The van der Waals surface area contributed by atoms with Crippen LogP contribution in [0.5, 0.6) is 11.5 Å². The molecule has 1 saturated carbocycles. The predicted octanol–water partition coefficient (Wildman–Crippen LogP) is 4.05. The van der Waals surface area contributed by atoms with Gasteiger partial charge in [0.25, 0.3) is 0 Å². The molecular formula is C22H26O5. The van der Waals surface area contributed by atoms with Crippen molar-refractivity contribution in [3.8, 4) is 11.5 Å². The molecule has 1 aromatic heterocycles. The summed E-state index contributed by atoms with van der Waals surface area (Å²) in [6.45, 7) is 8.19. The lowest BCUT2D eigenvalue weighted by molar-refractivity contribution is -0.00827. The quantitative estimate of drug-likeness (QED) is 0.767. The normalized spacial score (nSPS) is 26.9. The monoisotopic (exact) mass is 370 g/mol. The zero-order valence-corrected chi connectivity index (χ0v) is 16.3. The van der Waals surface area contributed by atoms with Crippen LogP contribution in [-0.2, 0) is 12.8 Å². The molecule has 1 fully saturated rings. The second-order valence-electron chi connectivity index (χ2n) is 8.96. The van der Waals surface area contributed by atoms with Gasteiger partial charge in [0.1, 0.15) is 22.7 Å². The maximum atomic E-state index is 12.2. The average Bonchev–Trinajstić information content (AvgIpc) is 3.38. The van der Waals surface area contributed by atoms with Crippen molar-refractivity contribution in [2.24, 2.45) is 5.92 Å². The molecule has 27 heavy (non-hydrogen) atoms. The van der Waals surface area contributed by atoms with Gasteiger partial charge < -0.3 is 19.0 Å². The van der Waals surface area contributed by atoms with Gasteiger partial charge in [0, 0.05) is 17.5 Å². The Kier molecular flexibility index (Phi) is 3.35. The fourth-order valence-electron chi connectivity index (χ4n) is 4.77. The molecule has 2 aromatic rings. The first kappa shape index (κ1) is 17.1. The highest BCUT2D eigenvalue weighted by Gasteiger charge is 2.57. The van der Waals surface area contributed by atoms with E-state index in [1.54, 1.807) is 6.07 Å². The molecule has 5 nitrogen and oxygen atoms in total. The van der Waals surface area contributed by atoms with Crippen LogP contribution in [-0.4, -0.2) is 16.3 Å². The summed E-state index contributed by atoms with van der Waals surface area (Å²) in [7, 11) is 0. The van der Waals surface area contributed by atoms with Gasteiger partial charge in [-0.3, -0.25) is 0 Å². The number of benzene rings is 1. The van der Waals surface area contributed by atoms with E-state index in [0.717, 1.165) is 47.9 Å². The number of rotatable bonds is 1. The minimum atomic E-state index is -0.714. The van der Waals surface area contributed by atoms with Crippen LogP contribution >= 0.6 is 0 Å². The van der Waals surface area contributed by atoms with Gasteiger partial charge in [-0.15, -0.1) is 0 Å². The van der Waals surface area contributed by atoms with Crippen LogP contribution in [0.3, 0.4) is 0 Å². The topological polar surface area (TPSA) is 68.9 Å². The summed E-state index contributed by atoms with van der Waals surface area (Å²) in [6.07, 6.45) is 3.56. The lowest BCUT2D eigenvalue weighted by Gasteiger charge is -2.40. The summed E-state index contributed by atoms with van der Waals surface area (Å²) in [5.74, 6) is 1.41. The highest BCUT2D eigenvalue weighted by molar-refractivity contribution is 5.94. The fraction of sp³-hybridized carbons (Fsp3) is 0.591. The Morgan fingerprint density at radius 2 is 1.93 bits per heavy atom. The molecule has 3 aliphatic rings. The Labute approximate surface area is 158 Å². The van der Waals surface area contributed by atoms with E-state index in [1.165, 1.54) is 0 Å². The molecule has 0 amide bonds. The van der Waals surface area contributed by atoms with E-state index in [2.05, 4.69) is 13.8 Å². The second kappa shape index (κ2) is 5.28. The number of hydrogen-bond acceptors (Lipinski definition) is 5. The molecule has 0 unspecified atom stereocenters. The van der Waals surface area contributed by atoms with E-state index in [9.17, 15) is 9.90 Å². The van der Waals surface area contributed by atoms with Gasteiger partial charge in [0.15, 0.2) is 5.58 Å². The van der Waals surface area contributed by atoms with Gasteiger partial charge in [0.05, 0.1) is 17.1 Å². The van der Waals surface area contributed by atoms with Crippen LogP contribution in [0.1, 0.15) is 69.8 Å². The van der Waals surface area contributed by atoms with Gasteiger partial charge in [-0.2, -0.15) is 0 Å². The summed E-state index contributed by atoms with van der Waals surface area (Å²) in [6, 6.07) is 1.54. The molecule has 0 bridgehead atoms. The molecule has 0 radical (unpaired) electrons. The molecule has 5 rings (SSSR count). The minimum absolute atomic E-state index is 0.0391. The highest BCUT2D eigenvalue weighted by Crippen LogP contribution is 2.60. The van der Waals surface area contributed by atoms with E-state index >= 15 is 0 Å². The molecule has 1 spiro atoms. The van der Waals surface area contributed by atoms with Crippen LogP contribution in [0.2, 0.25) is 0 Å². The van der Waals surface area contributed by atoms with Crippen molar-refractivity contribution in [2.45, 2.75) is 77.1 Å². The van der Waals surface area contributed by atoms with Crippen LogP contribution in [0, 0.1) is 5.92 Å². The maximum Gasteiger partial charge on any atom is 0.336 e. The van der Waals surface area contributed by atoms with Gasteiger partial charge in [0.2, 0.25) is 0 Å². The first-order valence-electron chi connectivity index (χ1n) is 9.98. The summed E-state index contributed by atoms with van der Waals surface area (Å²) in [5, 5.41) is 12.0. The van der Waals surface area contributed by atoms with Gasteiger partial charge >= 0.3 is 5.63 Å². The Hall–Kier alpha value is -2.01. The van der Waals surface area contributed by atoms with Crippen molar-refractivity contribution in [1.82, 2.24) is 0 Å². The van der Waals surface area contributed by atoms with Crippen molar-refractivity contribution in [3.63, 3.8) is 0 Å². The van der Waals surface area contributed by atoms with E-state index < -0.39 is 11.7 Å². The van der Waals surface area contributed by atoms with E-state index in [0.29, 0.717) is 23.3 Å². The largest absolute Gasteiger partial charge is 0.487 e. The number of aliphatic hydroxyl groups excluding tert-OH is 1. The summed E-state index contributed by atoms with van der Waals surface area (Å²) >= 11 is 0. The van der Waals surface area contributed by atoms with Gasteiger partial charge in [-0.1, -0.05) is 13.8 Å². The number of ether oxygens (including phenoxy) is 2. The smallest absolute Gasteiger partial charge is 0.336 e. The summed E-state index contributed by atoms with van der Waals surface area (Å²) < 4.78 is 18.6. The van der Waals surface area contributed by atoms with Crippen LogP contribution in [0.4, 0.5) is 0 Å². The molecular weight excluding hydrogens is 344 g/mol. The standard InChI is InChI=1S/C22H26O5/c1-5-12-10-14(23)25-20-15(12)18-13(6-7-21(3,4)26-18)19-16(20)17(24)11(2)22(27-19)8-9-22/h10-11,17,24H,5-9H2,1-4H3/t11-,17+/m0/s1. The molecule has 1 N–H and O–H groups in total. The average molecular weight is 370 g/mol. The van der Waals surface area contributed by atoms with Crippen molar-refractivity contribution >= 4 is 11.0 Å². The Bertz CT molecular complexity index is 1010. The number of hydrogen-bond donors (Lipinski definition) is 1. The number of aryl methyl sites for hydroxylation is 1. The fourth-order valence-corrected chi connectivity index (χ4v) is 4.77. The lowest BCUT2D eigenvalue weighted by atomic mass is 9.82. The number of fused-ring (bicyclic) bond motifs is 6. The third kappa shape index (κ3) is 2.30. The third-order valence-electron chi connectivity index (χ3n) is 6.69. The van der Waals surface area contributed by atoms with Crippen LogP contribution in [0.25, 0.3) is 11.0 Å². The Morgan fingerprint density at radius 1 is 1.19 bits per heavy atom. The maximum absolute atomic E-state index is 12.2. The van der Waals surface area contributed by atoms with Crippen LogP contribution < -0.4 is 15.1 Å². The van der Waals surface area contributed by atoms with E-state index in [4.69, 9.17) is 13.9 Å². The lowest BCUT2D eigenvalue weighted by Crippen LogP contribution is -2.39. The molecule has 2 aliphatic heterocycles. The molecule has 3 heterocycles. The van der Waals surface area contributed by atoms with Crippen LogP contribution in [0.15, 0.2) is 15.3 Å². The first-order valence-corrected chi connectivity index (χ1v) is 9.98. The number of aliphatic hydroxyl groups is 1. The third-order valence-corrected chi connectivity index (χ3v) is 6.69. The van der Waals surface area contributed by atoms with Crippen molar-refractivity contribution < 1.29 is 19.0 Å². The van der Waals surface area contributed by atoms with E-state index in [1.807, 2.05) is 13.8 Å². The molecule has 144 valence electrons. The van der Waals surface area contributed by atoms with Gasteiger partial charge in [-0.25, -0.2) is 4.79 Å². The summed E-state index contributed by atoms with van der Waals surface area (Å²) in [4.78, 5) is 12.2. The molecule has 5 heteroatoms. The molecule has 2 atom stereocenters. The molecule has 0 saturated heterocycles. The predicted molar refractivity (Wildman–Crippen MR) is 102 cm³/mol.